The molecule has 1 atom stereocenters. The van der Waals surface area contributed by atoms with Gasteiger partial charge in [-0.2, -0.15) is 0 Å². The molecule has 6 heteroatoms. The van der Waals surface area contributed by atoms with Crippen molar-refractivity contribution in [1.82, 2.24) is 0 Å². The average molecular weight is 1060 g/mol. The smallest absolute Gasteiger partial charge is 0.306 e. The van der Waals surface area contributed by atoms with E-state index in [9.17, 15) is 14.4 Å². The number of hydrogen-bond acceptors (Lipinski definition) is 6. The summed E-state index contributed by atoms with van der Waals surface area (Å²) in [5.74, 6) is -0.896. The minimum absolute atomic E-state index is 0.0835. The van der Waals surface area contributed by atoms with Crippen LogP contribution in [-0.4, -0.2) is 37.2 Å². The van der Waals surface area contributed by atoms with Crippen LogP contribution in [0.2, 0.25) is 0 Å². The van der Waals surface area contributed by atoms with Gasteiger partial charge in [-0.05, 0) is 116 Å². The Morgan fingerprint density at radius 1 is 0.276 bits per heavy atom. The van der Waals surface area contributed by atoms with Crippen molar-refractivity contribution in [1.29, 1.82) is 0 Å². The normalized spacial score (nSPS) is 12.6. The van der Waals surface area contributed by atoms with Crippen LogP contribution in [0, 0.1) is 0 Å². The molecule has 6 nitrogen and oxygen atoms in total. The molecule has 0 spiro atoms. The van der Waals surface area contributed by atoms with E-state index in [1.54, 1.807) is 0 Å². The molecule has 0 saturated heterocycles. The number of rotatable bonds is 59. The molecule has 0 fully saturated rings. The average Bonchev–Trinajstić information content (AvgIpc) is 3.42. The molecule has 0 radical (unpaired) electrons. The van der Waals surface area contributed by atoms with Gasteiger partial charge in [0.25, 0.3) is 0 Å². The predicted octanol–water partition coefficient (Wildman–Crippen LogP) is 22.3. The Morgan fingerprint density at radius 3 is 0.842 bits per heavy atom. The second-order valence-corrected chi connectivity index (χ2v) is 21.6. The minimum atomic E-state index is -0.788. The number of esters is 3. The van der Waals surface area contributed by atoms with Gasteiger partial charge in [0.1, 0.15) is 13.2 Å². The van der Waals surface area contributed by atoms with Gasteiger partial charge in [0.05, 0.1) is 0 Å². The zero-order chi connectivity index (χ0) is 55.0. The molecule has 0 aliphatic rings. The number of carbonyl (C=O) groups excluding carboxylic acids is 3. The lowest BCUT2D eigenvalue weighted by atomic mass is 10.0. The first kappa shape index (κ1) is 72.6. The fourth-order valence-electron chi connectivity index (χ4n) is 9.23. The van der Waals surface area contributed by atoms with Crippen LogP contribution in [0.5, 0.6) is 0 Å². The molecule has 76 heavy (non-hydrogen) atoms. The molecular formula is C70H122O6. The van der Waals surface area contributed by atoms with E-state index in [1.165, 1.54) is 173 Å². The second-order valence-electron chi connectivity index (χ2n) is 21.6. The van der Waals surface area contributed by atoms with Crippen LogP contribution in [0.25, 0.3) is 0 Å². The lowest BCUT2D eigenvalue weighted by Crippen LogP contribution is -2.30. The largest absolute Gasteiger partial charge is 0.462 e. The summed E-state index contributed by atoms with van der Waals surface area (Å²) in [6.45, 7) is 6.50. The van der Waals surface area contributed by atoms with E-state index in [2.05, 4.69) is 106 Å². The zero-order valence-corrected chi connectivity index (χ0v) is 50.3. The lowest BCUT2D eigenvalue weighted by molar-refractivity contribution is -0.167. The number of allylic oxidation sites excluding steroid dienone is 14. The fourth-order valence-corrected chi connectivity index (χ4v) is 9.23. The Balaban J connectivity index is 4.27. The molecule has 0 aliphatic heterocycles. The van der Waals surface area contributed by atoms with Crippen LogP contribution >= 0.6 is 0 Å². The maximum Gasteiger partial charge on any atom is 0.306 e. The molecule has 0 amide bonds. The Labute approximate surface area is 471 Å². The first-order chi connectivity index (χ1) is 37.5. The van der Waals surface area contributed by atoms with Crippen LogP contribution in [0.3, 0.4) is 0 Å². The monoisotopic (exact) mass is 1060 g/mol. The third-order valence-corrected chi connectivity index (χ3v) is 14.1. The highest BCUT2D eigenvalue weighted by Gasteiger charge is 2.19. The molecule has 0 aromatic heterocycles. The summed E-state index contributed by atoms with van der Waals surface area (Å²) >= 11 is 0. The van der Waals surface area contributed by atoms with Crippen molar-refractivity contribution in [2.45, 2.75) is 329 Å². The molecule has 0 saturated carbocycles. The van der Waals surface area contributed by atoms with Gasteiger partial charge in [0.15, 0.2) is 6.10 Å². The summed E-state index contributed by atoms with van der Waals surface area (Å²) in [6, 6.07) is 0. The minimum Gasteiger partial charge on any atom is -0.462 e. The molecular weight excluding hydrogens is 937 g/mol. The molecule has 0 aromatic carbocycles. The summed E-state index contributed by atoms with van der Waals surface area (Å²) in [5, 5.41) is 0. The van der Waals surface area contributed by atoms with Crippen molar-refractivity contribution in [3.63, 3.8) is 0 Å². The highest BCUT2D eigenvalue weighted by atomic mass is 16.6. The lowest BCUT2D eigenvalue weighted by Gasteiger charge is -2.18. The summed E-state index contributed by atoms with van der Waals surface area (Å²) in [5.41, 5.74) is 0. The van der Waals surface area contributed by atoms with Crippen LogP contribution in [0.15, 0.2) is 85.1 Å². The first-order valence-electron chi connectivity index (χ1n) is 32.6. The number of ether oxygens (including phenoxy) is 3. The van der Waals surface area contributed by atoms with Gasteiger partial charge in [0, 0.05) is 19.3 Å². The second kappa shape index (κ2) is 64.1. The topological polar surface area (TPSA) is 78.9 Å². The molecule has 1 unspecified atom stereocenters. The van der Waals surface area contributed by atoms with Gasteiger partial charge in [-0.1, -0.05) is 273 Å². The number of carbonyl (C=O) groups is 3. The van der Waals surface area contributed by atoms with Crippen molar-refractivity contribution in [3.05, 3.63) is 85.1 Å². The van der Waals surface area contributed by atoms with Gasteiger partial charge < -0.3 is 14.2 Å². The van der Waals surface area contributed by atoms with E-state index in [4.69, 9.17) is 14.2 Å². The number of hydrogen-bond donors (Lipinski definition) is 0. The quantitative estimate of drug-likeness (QED) is 0.0261. The SMILES string of the molecule is CC/C=C\C/C=C\C/C=C\C/C=C\CCCCCCCCC(=O)OC(COC(=O)CCCCCCC/C=C\CCCCC)COC(=O)CCCCCCCCCCCCCCCCC/C=C\C/C=C\CCCCCCC. The molecule has 0 bridgehead atoms. The maximum absolute atomic E-state index is 12.9. The van der Waals surface area contributed by atoms with Crippen LogP contribution in [0.1, 0.15) is 323 Å². The molecule has 0 rings (SSSR count). The standard InChI is InChI=1S/C70H122O6/c1-4-7-10-13-16-19-22-25-27-29-31-32-33-34-35-36-37-38-40-41-43-45-48-51-54-57-60-63-69(72)75-66-67(65-74-68(71)62-59-56-53-50-47-24-21-18-15-12-9-6-3)76-70(73)64-61-58-55-52-49-46-44-42-39-30-28-26-23-20-17-14-11-8-5-2/h8,11,17-18,20-22,25-26,28-29,31,39,42,67H,4-7,9-10,12-16,19,23-24,27,30,32-38,40-41,43-66H2,1-3H3/b11-8-,20-17-,21-18-,25-22-,28-26-,31-29-,42-39-. The van der Waals surface area contributed by atoms with Crippen molar-refractivity contribution >= 4 is 17.9 Å². The van der Waals surface area contributed by atoms with Crippen LogP contribution < -0.4 is 0 Å². The Kier molecular flexibility index (Phi) is 61.2. The third kappa shape index (κ3) is 61.4. The Hall–Kier alpha value is -3.41. The molecule has 438 valence electrons. The van der Waals surface area contributed by atoms with Crippen molar-refractivity contribution < 1.29 is 28.6 Å². The highest BCUT2D eigenvalue weighted by molar-refractivity contribution is 5.71. The van der Waals surface area contributed by atoms with Crippen LogP contribution in [0.4, 0.5) is 0 Å². The van der Waals surface area contributed by atoms with Crippen molar-refractivity contribution in [3.8, 4) is 0 Å². The summed E-state index contributed by atoms with van der Waals surface area (Å²) < 4.78 is 16.9. The van der Waals surface area contributed by atoms with Gasteiger partial charge >= 0.3 is 17.9 Å². The van der Waals surface area contributed by atoms with Gasteiger partial charge in [0.2, 0.25) is 0 Å². The molecule has 0 N–H and O–H groups in total. The maximum atomic E-state index is 12.9. The van der Waals surface area contributed by atoms with E-state index >= 15 is 0 Å². The Morgan fingerprint density at radius 2 is 0.513 bits per heavy atom. The van der Waals surface area contributed by atoms with Gasteiger partial charge in [-0.15, -0.1) is 0 Å². The van der Waals surface area contributed by atoms with Crippen molar-refractivity contribution in [2.24, 2.45) is 0 Å². The number of unbranched alkanes of at least 4 members (excludes halogenated alkanes) is 34. The summed E-state index contributed by atoms with van der Waals surface area (Å²) in [7, 11) is 0. The summed E-state index contributed by atoms with van der Waals surface area (Å²) in [4.78, 5) is 38.3. The zero-order valence-electron chi connectivity index (χ0n) is 50.3. The highest BCUT2D eigenvalue weighted by Crippen LogP contribution is 2.16. The van der Waals surface area contributed by atoms with E-state index < -0.39 is 6.10 Å². The van der Waals surface area contributed by atoms with E-state index in [0.717, 1.165) is 109 Å². The van der Waals surface area contributed by atoms with E-state index in [0.29, 0.717) is 19.3 Å². The molecule has 0 aromatic rings. The predicted molar refractivity (Wildman–Crippen MR) is 330 cm³/mol. The van der Waals surface area contributed by atoms with Gasteiger partial charge in [-0.3, -0.25) is 14.4 Å². The van der Waals surface area contributed by atoms with Gasteiger partial charge in [-0.25, -0.2) is 0 Å². The first-order valence-corrected chi connectivity index (χ1v) is 32.6. The summed E-state index contributed by atoms with van der Waals surface area (Å²) in [6.07, 6.45) is 84.5. The Bertz CT molecular complexity index is 1450. The molecule has 0 aliphatic carbocycles. The van der Waals surface area contributed by atoms with Crippen LogP contribution in [-0.2, 0) is 28.6 Å². The van der Waals surface area contributed by atoms with E-state index in [1.807, 2.05) is 0 Å². The molecule has 0 heterocycles. The third-order valence-electron chi connectivity index (χ3n) is 14.1. The fraction of sp³-hybridized carbons (Fsp3) is 0.757. The van der Waals surface area contributed by atoms with Crippen molar-refractivity contribution in [2.75, 3.05) is 13.2 Å². The van der Waals surface area contributed by atoms with E-state index in [-0.39, 0.29) is 31.1 Å².